The molecule has 0 radical (unpaired) electrons. The lowest BCUT2D eigenvalue weighted by atomic mass is 10.1. The average molecular weight is 496 g/mol. The number of morpholine rings is 1. The quantitative estimate of drug-likeness (QED) is 0.255. The van der Waals surface area contributed by atoms with Gasteiger partial charge in [-0.1, -0.05) is 24.3 Å². The normalized spacial score (nSPS) is 14.3. The smallest absolute Gasteiger partial charge is 0.163 e. The van der Waals surface area contributed by atoms with Crippen LogP contribution in [0.5, 0.6) is 23.0 Å². The standard InChI is InChI=1S/C28H33NO7/c1-33-27-18-21(6-10-25(27)32)4-8-23(30)20-24(31)9-5-22-7-11-26(28(19-22)34-2)36-15-3-12-29-13-16-35-17-14-29/h4-11,18-19,32H,3,12-17,20H2,1-2H3/b8-4+,9-5+. The third-order valence-corrected chi connectivity index (χ3v) is 5.64. The summed E-state index contributed by atoms with van der Waals surface area (Å²) in [5, 5.41) is 9.64. The number of carbonyl (C=O) groups excluding carboxylic acids is 2. The van der Waals surface area contributed by atoms with Crippen LogP contribution in [-0.2, 0) is 14.3 Å². The molecule has 36 heavy (non-hydrogen) atoms. The number of rotatable bonds is 13. The summed E-state index contributed by atoms with van der Waals surface area (Å²) < 4.78 is 21.7. The molecule has 2 aromatic rings. The summed E-state index contributed by atoms with van der Waals surface area (Å²) >= 11 is 0. The number of hydrogen-bond donors (Lipinski definition) is 1. The number of allylic oxidation sites excluding steroid dienone is 2. The van der Waals surface area contributed by atoms with Gasteiger partial charge in [-0.15, -0.1) is 0 Å². The molecule has 3 rings (SSSR count). The number of ether oxygens (including phenoxy) is 4. The van der Waals surface area contributed by atoms with Crippen molar-refractivity contribution in [2.75, 3.05) is 53.7 Å². The lowest BCUT2D eigenvalue weighted by molar-refractivity contribution is -0.121. The van der Waals surface area contributed by atoms with E-state index in [0.29, 0.717) is 29.4 Å². The van der Waals surface area contributed by atoms with Crippen LogP contribution in [0.15, 0.2) is 48.6 Å². The molecule has 0 unspecified atom stereocenters. The molecule has 0 atom stereocenters. The summed E-state index contributed by atoms with van der Waals surface area (Å²) in [6.07, 6.45) is 6.60. The number of hydrogen-bond acceptors (Lipinski definition) is 8. The molecule has 8 heteroatoms. The van der Waals surface area contributed by atoms with Crippen molar-refractivity contribution in [3.8, 4) is 23.0 Å². The fourth-order valence-corrected chi connectivity index (χ4v) is 3.67. The van der Waals surface area contributed by atoms with Crippen molar-refractivity contribution in [2.45, 2.75) is 12.8 Å². The highest BCUT2D eigenvalue weighted by Crippen LogP contribution is 2.29. The second-order valence-corrected chi connectivity index (χ2v) is 8.27. The second-order valence-electron chi connectivity index (χ2n) is 8.27. The van der Waals surface area contributed by atoms with Gasteiger partial charge in [0.15, 0.2) is 34.6 Å². The summed E-state index contributed by atoms with van der Waals surface area (Å²) in [6, 6.07) is 10.2. The number of aromatic hydroxyl groups is 1. The van der Waals surface area contributed by atoms with Crippen LogP contribution in [0, 0.1) is 0 Å². The average Bonchev–Trinajstić information content (AvgIpc) is 2.90. The van der Waals surface area contributed by atoms with E-state index in [1.165, 1.54) is 25.3 Å². The van der Waals surface area contributed by atoms with Gasteiger partial charge in [0.25, 0.3) is 0 Å². The van der Waals surface area contributed by atoms with Crippen molar-refractivity contribution < 1.29 is 33.6 Å². The molecule has 1 saturated heterocycles. The fourth-order valence-electron chi connectivity index (χ4n) is 3.67. The third-order valence-electron chi connectivity index (χ3n) is 5.64. The molecule has 0 amide bonds. The van der Waals surface area contributed by atoms with E-state index in [2.05, 4.69) is 4.90 Å². The van der Waals surface area contributed by atoms with Gasteiger partial charge in [-0.2, -0.15) is 0 Å². The third kappa shape index (κ3) is 8.55. The molecule has 0 bridgehead atoms. The van der Waals surface area contributed by atoms with Gasteiger partial charge >= 0.3 is 0 Å². The first-order valence-electron chi connectivity index (χ1n) is 11.9. The summed E-state index contributed by atoms with van der Waals surface area (Å²) in [4.78, 5) is 26.8. The number of ketones is 2. The number of nitrogens with zero attached hydrogens (tertiary/aromatic N) is 1. The molecule has 1 fully saturated rings. The van der Waals surface area contributed by atoms with E-state index in [1.54, 1.807) is 37.5 Å². The van der Waals surface area contributed by atoms with Gasteiger partial charge in [-0.25, -0.2) is 0 Å². The Bertz CT molecular complexity index is 1090. The Morgan fingerprint density at radius 1 is 0.917 bits per heavy atom. The zero-order chi connectivity index (χ0) is 25.8. The summed E-state index contributed by atoms with van der Waals surface area (Å²) in [7, 11) is 3.02. The SMILES string of the molecule is COc1cc(/C=C/C(=O)CC(=O)/C=C/c2ccc(OCCCN3CCOCC3)c(OC)c2)ccc1O. The number of benzene rings is 2. The van der Waals surface area contributed by atoms with Crippen LogP contribution >= 0.6 is 0 Å². The van der Waals surface area contributed by atoms with E-state index in [4.69, 9.17) is 18.9 Å². The number of methoxy groups -OCH3 is 2. The zero-order valence-corrected chi connectivity index (χ0v) is 20.8. The lowest BCUT2D eigenvalue weighted by Crippen LogP contribution is -2.37. The molecule has 0 aromatic heterocycles. The molecule has 0 saturated carbocycles. The summed E-state index contributed by atoms with van der Waals surface area (Å²) in [5.74, 6) is 0.920. The fraction of sp³-hybridized carbons (Fsp3) is 0.357. The minimum Gasteiger partial charge on any atom is -0.504 e. The van der Waals surface area contributed by atoms with Crippen molar-refractivity contribution in [2.24, 2.45) is 0 Å². The van der Waals surface area contributed by atoms with Crippen molar-refractivity contribution in [3.63, 3.8) is 0 Å². The molecule has 0 aliphatic carbocycles. The number of phenolic OH excluding ortho intramolecular Hbond substituents is 1. The van der Waals surface area contributed by atoms with Crippen molar-refractivity contribution in [1.29, 1.82) is 0 Å². The van der Waals surface area contributed by atoms with E-state index >= 15 is 0 Å². The van der Waals surface area contributed by atoms with E-state index in [9.17, 15) is 14.7 Å². The van der Waals surface area contributed by atoms with Crippen LogP contribution < -0.4 is 14.2 Å². The highest BCUT2D eigenvalue weighted by Gasteiger charge is 2.11. The molecule has 1 aliphatic rings. The molecule has 192 valence electrons. The largest absolute Gasteiger partial charge is 0.504 e. The van der Waals surface area contributed by atoms with Gasteiger partial charge in [0.2, 0.25) is 0 Å². The van der Waals surface area contributed by atoms with Crippen LogP contribution in [0.2, 0.25) is 0 Å². The minimum atomic E-state index is -0.324. The molecule has 1 heterocycles. The minimum absolute atomic E-state index is 0.0151. The first kappa shape index (κ1) is 27.0. The van der Waals surface area contributed by atoms with Crippen LogP contribution in [0.3, 0.4) is 0 Å². The van der Waals surface area contributed by atoms with Crippen molar-refractivity contribution in [1.82, 2.24) is 4.90 Å². The second kappa shape index (κ2) is 14.1. The van der Waals surface area contributed by atoms with Gasteiger partial charge in [-0.3, -0.25) is 14.5 Å². The first-order valence-corrected chi connectivity index (χ1v) is 11.9. The zero-order valence-electron chi connectivity index (χ0n) is 20.8. The van der Waals surface area contributed by atoms with Crippen molar-refractivity contribution in [3.05, 3.63) is 59.7 Å². The Morgan fingerprint density at radius 3 is 2.17 bits per heavy atom. The molecule has 0 spiro atoms. The van der Waals surface area contributed by atoms with Crippen LogP contribution in [0.4, 0.5) is 0 Å². The Kier molecular flexibility index (Phi) is 10.5. The van der Waals surface area contributed by atoms with Gasteiger partial charge in [0.1, 0.15) is 0 Å². The van der Waals surface area contributed by atoms with E-state index < -0.39 is 0 Å². The lowest BCUT2D eigenvalue weighted by Gasteiger charge is -2.26. The first-order chi connectivity index (χ1) is 17.5. The Hall–Kier alpha value is -3.62. The van der Waals surface area contributed by atoms with Crippen molar-refractivity contribution >= 4 is 23.7 Å². The van der Waals surface area contributed by atoms with Gasteiger partial charge in [-0.05, 0) is 54.0 Å². The maximum atomic E-state index is 12.2. The number of phenols is 1. The molecule has 8 nitrogen and oxygen atoms in total. The Morgan fingerprint density at radius 2 is 1.53 bits per heavy atom. The maximum Gasteiger partial charge on any atom is 0.163 e. The molecule has 1 aliphatic heterocycles. The van der Waals surface area contributed by atoms with Crippen LogP contribution in [-0.4, -0.2) is 75.2 Å². The molecule has 2 aromatic carbocycles. The predicted molar refractivity (Wildman–Crippen MR) is 138 cm³/mol. The van der Waals surface area contributed by atoms with E-state index in [0.717, 1.165) is 44.8 Å². The van der Waals surface area contributed by atoms with Crippen LogP contribution in [0.25, 0.3) is 12.2 Å². The van der Waals surface area contributed by atoms with E-state index in [-0.39, 0.29) is 23.7 Å². The number of carbonyl (C=O) groups is 2. The predicted octanol–water partition coefficient (Wildman–Crippen LogP) is 3.77. The highest BCUT2D eigenvalue weighted by molar-refractivity contribution is 6.10. The highest BCUT2D eigenvalue weighted by atomic mass is 16.5. The molecular formula is C28H33NO7. The van der Waals surface area contributed by atoms with Crippen LogP contribution in [0.1, 0.15) is 24.0 Å². The van der Waals surface area contributed by atoms with Gasteiger partial charge in [0.05, 0.1) is 40.5 Å². The topological polar surface area (TPSA) is 94.5 Å². The van der Waals surface area contributed by atoms with Gasteiger partial charge < -0.3 is 24.1 Å². The summed E-state index contributed by atoms with van der Waals surface area (Å²) in [5.41, 5.74) is 1.44. The summed E-state index contributed by atoms with van der Waals surface area (Å²) in [6.45, 7) is 5.02. The Labute approximate surface area is 211 Å². The van der Waals surface area contributed by atoms with E-state index in [1.807, 2.05) is 12.1 Å². The monoisotopic (exact) mass is 495 g/mol. The maximum absolute atomic E-state index is 12.2. The van der Waals surface area contributed by atoms with Gasteiger partial charge in [0, 0.05) is 19.6 Å². The molecular weight excluding hydrogens is 462 g/mol. The molecule has 1 N–H and O–H groups in total. The Balaban J connectivity index is 1.47.